The molecule has 5 rings (SSSR count). The largest absolute Gasteiger partial charge is 0.378 e. The molecule has 0 aliphatic carbocycles. The first-order valence-electron chi connectivity index (χ1n) is 9.50. The van der Waals surface area contributed by atoms with Gasteiger partial charge in [0.1, 0.15) is 0 Å². The SMILES string of the molecule is CN1Cc2c(ccc(N3CCOCC3)c2F)C(c2ccc3sccc3c2)C1. The zero-order valence-electron chi connectivity index (χ0n) is 15.5. The van der Waals surface area contributed by atoms with Crippen LogP contribution < -0.4 is 4.90 Å². The van der Waals surface area contributed by atoms with Crippen molar-refractivity contribution < 1.29 is 9.13 Å². The Morgan fingerprint density at radius 1 is 1.11 bits per heavy atom. The predicted octanol–water partition coefficient (Wildman–Crippen LogP) is 4.45. The summed E-state index contributed by atoms with van der Waals surface area (Å²) in [6.45, 7) is 4.42. The topological polar surface area (TPSA) is 15.7 Å². The molecule has 0 spiro atoms. The summed E-state index contributed by atoms with van der Waals surface area (Å²) < 4.78 is 22.2. The summed E-state index contributed by atoms with van der Waals surface area (Å²) in [5, 5.41) is 3.40. The van der Waals surface area contributed by atoms with Gasteiger partial charge in [0.2, 0.25) is 0 Å². The minimum absolute atomic E-state index is 0.0532. The highest BCUT2D eigenvalue weighted by Crippen LogP contribution is 2.38. The molecular formula is C22H23FN2OS. The first-order chi connectivity index (χ1) is 13.2. The Morgan fingerprint density at radius 2 is 1.96 bits per heavy atom. The van der Waals surface area contributed by atoms with Gasteiger partial charge in [0.25, 0.3) is 0 Å². The number of rotatable bonds is 2. The van der Waals surface area contributed by atoms with E-state index in [0.717, 1.165) is 36.4 Å². The van der Waals surface area contributed by atoms with Crippen molar-refractivity contribution in [1.29, 1.82) is 0 Å². The maximum Gasteiger partial charge on any atom is 0.151 e. The maximum absolute atomic E-state index is 15.5. The van der Waals surface area contributed by atoms with E-state index in [4.69, 9.17) is 4.74 Å². The van der Waals surface area contributed by atoms with Gasteiger partial charge in [0, 0.05) is 42.4 Å². The van der Waals surface area contributed by atoms with Gasteiger partial charge in [-0.2, -0.15) is 0 Å². The summed E-state index contributed by atoms with van der Waals surface area (Å²) >= 11 is 1.76. The van der Waals surface area contributed by atoms with Gasteiger partial charge >= 0.3 is 0 Å². The molecule has 0 bridgehead atoms. The molecule has 5 heteroatoms. The van der Waals surface area contributed by atoms with Crippen LogP contribution in [0.25, 0.3) is 10.1 Å². The molecule has 27 heavy (non-hydrogen) atoms. The standard InChI is InChI=1S/C22H23FN2OS/c1-24-13-18(15-2-5-21-16(12-15)6-11-27-21)17-3-4-20(22(23)19(17)14-24)25-7-9-26-10-8-25/h2-6,11-12,18H,7-10,13-14H2,1H3. The number of hydrogen-bond donors (Lipinski definition) is 0. The van der Waals surface area contributed by atoms with Gasteiger partial charge in [-0.15, -0.1) is 11.3 Å². The van der Waals surface area contributed by atoms with Gasteiger partial charge in [0.05, 0.1) is 18.9 Å². The Hall–Kier alpha value is -1.95. The fourth-order valence-electron chi connectivity index (χ4n) is 4.39. The zero-order valence-corrected chi connectivity index (χ0v) is 16.3. The van der Waals surface area contributed by atoms with E-state index in [0.29, 0.717) is 19.8 Å². The third-order valence-corrected chi connectivity index (χ3v) is 6.69. The molecule has 140 valence electrons. The van der Waals surface area contributed by atoms with Crippen LogP contribution >= 0.6 is 11.3 Å². The number of fused-ring (bicyclic) bond motifs is 2. The molecule has 0 saturated carbocycles. The van der Waals surface area contributed by atoms with Gasteiger partial charge in [-0.05, 0) is 53.2 Å². The van der Waals surface area contributed by atoms with Crippen molar-refractivity contribution in [2.45, 2.75) is 12.5 Å². The lowest BCUT2D eigenvalue weighted by Gasteiger charge is -2.35. The second-order valence-electron chi connectivity index (χ2n) is 7.53. The second-order valence-corrected chi connectivity index (χ2v) is 8.48. The van der Waals surface area contributed by atoms with Crippen molar-refractivity contribution in [2.24, 2.45) is 0 Å². The summed E-state index contributed by atoms with van der Waals surface area (Å²) in [6.07, 6.45) is 0. The average molecular weight is 383 g/mol. The smallest absolute Gasteiger partial charge is 0.151 e. The van der Waals surface area contributed by atoms with Crippen LogP contribution in [-0.2, 0) is 11.3 Å². The minimum Gasteiger partial charge on any atom is -0.378 e. The van der Waals surface area contributed by atoms with Gasteiger partial charge in [-0.1, -0.05) is 12.1 Å². The highest BCUT2D eigenvalue weighted by Gasteiger charge is 2.29. The minimum atomic E-state index is -0.0532. The Bertz CT molecular complexity index is 980. The van der Waals surface area contributed by atoms with Crippen molar-refractivity contribution in [3.63, 3.8) is 0 Å². The number of thiophene rings is 1. The molecule has 3 nitrogen and oxygen atoms in total. The van der Waals surface area contributed by atoms with E-state index >= 15 is 4.39 Å². The molecule has 2 aliphatic heterocycles. The first kappa shape index (κ1) is 17.2. The molecule has 1 saturated heterocycles. The molecule has 0 radical (unpaired) electrons. The number of ether oxygens (including phenoxy) is 1. The van der Waals surface area contributed by atoms with Crippen LogP contribution in [0.2, 0.25) is 0 Å². The summed E-state index contributed by atoms with van der Waals surface area (Å²) in [6, 6.07) is 13.0. The first-order valence-corrected chi connectivity index (χ1v) is 10.4. The second kappa shape index (κ2) is 6.89. The summed E-state index contributed by atoms with van der Waals surface area (Å²) in [7, 11) is 2.08. The van der Waals surface area contributed by atoms with Crippen LogP contribution in [0.4, 0.5) is 10.1 Å². The molecule has 2 aromatic carbocycles. The van der Waals surface area contributed by atoms with Gasteiger partial charge in [0.15, 0.2) is 5.82 Å². The van der Waals surface area contributed by atoms with Crippen molar-refractivity contribution in [2.75, 3.05) is 44.8 Å². The van der Waals surface area contributed by atoms with Gasteiger partial charge < -0.3 is 14.5 Å². The molecule has 0 N–H and O–H groups in total. The number of hydrogen-bond acceptors (Lipinski definition) is 4. The fourth-order valence-corrected chi connectivity index (χ4v) is 5.16. The molecular weight excluding hydrogens is 359 g/mol. The van der Waals surface area contributed by atoms with Crippen LogP contribution in [0.15, 0.2) is 41.8 Å². The molecule has 1 aromatic heterocycles. The Morgan fingerprint density at radius 3 is 2.81 bits per heavy atom. The number of morpholine rings is 1. The Balaban J connectivity index is 1.57. The van der Waals surface area contributed by atoms with Gasteiger partial charge in [-0.3, -0.25) is 0 Å². The van der Waals surface area contributed by atoms with Gasteiger partial charge in [-0.25, -0.2) is 4.39 Å². The molecule has 1 unspecified atom stereocenters. The van der Waals surface area contributed by atoms with E-state index in [1.165, 1.54) is 15.6 Å². The molecule has 0 amide bonds. The van der Waals surface area contributed by atoms with E-state index < -0.39 is 0 Å². The van der Waals surface area contributed by atoms with Crippen molar-refractivity contribution in [3.05, 3.63) is 64.3 Å². The highest BCUT2D eigenvalue weighted by atomic mass is 32.1. The fraction of sp³-hybridized carbons (Fsp3) is 0.364. The lowest BCUT2D eigenvalue weighted by atomic mass is 9.84. The molecule has 3 heterocycles. The van der Waals surface area contributed by atoms with E-state index in [9.17, 15) is 0 Å². The molecule has 1 fully saturated rings. The zero-order chi connectivity index (χ0) is 18.4. The Kier molecular flexibility index (Phi) is 4.38. The Labute approximate surface area is 163 Å². The molecule has 3 aromatic rings. The quantitative estimate of drug-likeness (QED) is 0.651. The lowest BCUT2D eigenvalue weighted by molar-refractivity contribution is 0.122. The van der Waals surface area contributed by atoms with Crippen LogP contribution in [0.1, 0.15) is 22.6 Å². The van der Waals surface area contributed by atoms with Crippen molar-refractivity contribution >= 4 is 27.1 Å². The maximum atomic E-state index is 15.5. The summed E-state index contributed by atoms with van der Waals surface area (Å²) in [5.74, 6) is 0.152. The summed E-state index contributed by atoms with van der Waals surface area (Å²) in [4.78, 5) is 4.34. The number of halogens is 1. The monoisotopic (exact) mass is 382 g/mol. The summed E-state index contributed by atoms with van der Waals surface area (Å²) in [5.41, 5.74) is 3.98. The third-order valence-electron chi connectivity index (χ3n) is 5.79. The highest BCUT2D eigenvalue weighted by molar-refractivity contribution is 7.17. The number of benzene rings is 2. The number of anilines is 1. The van der Waals surface area contributed by atoms with Crippen molar-refractivity contribution in [1.82, 2.24) is 4.90 Å². The van der Waals surface area contributed by atoms with E-state index in [-0.39, 0.29) is 11.7 Å². The number of nitrogens with zero attached hydrogens (tertiary/aromatic N) is 2. The van der Waals surface area contributed by atoms with E-state index in [1.807, 2.05) is 6.07 Å². The van der Waals surface area contributed by atoms with Crippen molar-refractivity contribution in [3.8, 4) is 0 Å². The normalized spacial score (nSPS) is 20.8. The van der Waals surface area contributed by atoms with E-state index in [2.05, 4.69) is 52.6 Å². The molecule has 1 atom stereocenters. The van der Waals surface area contributed by atoms with Crippen LogP contribution in [-0.4, -0.2) is 44.8 Å². The lowest BCUT2D eigenvalue weighted by Crippen LogP contribution is -2.38. The van der Waals surface area contributed by atoms with Crippen LogP contribution in [0, 0.1) is 5.82 Å². The van der Waals surface area contributed by atoms with E-state index in [1.54, 1.807) is 11.3 Å². The average Bonchev–Trinajstić information content (AvgIpc) is 3.17. The predicted molar refractivity (Wildman–Crippen MR) is 109 cm³/mol. The van der Waals surface area contributed by atoms with Crippen LogP contribution in [0.5, 0.6) is 0 Å². The third kappa shape index (κ3) is 3.04. The van der Waals surface area contributed by atoms with Crippen LogP contribution in [0.3, 0.4) is 0 Å². The molecule has 2 aliphatic rings. The number of likely N-dealkylation sites (N-methyl/N-ethyl adjacent to an activating group) is 1.